The van der Waals surface area contributed by atoms with Crippen molar-refractivity contribution in [1.29, 1.82) is 10.8 Å². The number of thioether (sulfide) groups is 1. The van der Waals surface area contributed by atoms with E-state index in [-0.39, 0.29) is 18.1 Å². The van der Waals surface area contributed by atoms with Gasteiger partial charge in [-0.3, -0.25) is 10.8 Å². The molecule has 1 aromatic heterocycles. The van der Waals surface area contributed by atoms with Gasteiger partial charge in [-0.2, -0.15) is 0 Å². The lowest BCUT2D eigenvalue weighted by molar-refractivity contribution is -0.270. The van der Waals surface area contributed by atoms with Crippen LogP contribution in [0, 0.1) is 10.8 Å². The predicted octanol–water partition coefficient (Wildman–Crippen LogP) is 5.98. The van der Waals surface area contributed by atoms with Crippen LogP contribution < -0.4 is 9.47 Å². The predicted molar refractivity (Wildman–Crippen MR) is 161 cm³/mol. The second-order valence-electron chi connectivity index (χ2n) is 9.60. The van der Waals surface area contributed by atoms with Gasteiger partial charge in [-0.1, -0.05) is 47.6 Å². The molecule has 2 aromatic carbocycles. The molecule has 0 spiro atoms. The molecule has 226 valence electrons. The minimum Gasteiger partial charge on any atom is -0.495 e. The lowest BCUT2D eigenvalue weighted by Crippen LogP contribution is -2.43. The highest BCUT2D eigenvalue weighted by Gasteiger charge is 2.37. The Hall–Kier alpha value is -2.90. The summed E-state index contributed by atoms with van der Waals surface area (Å²) in [4.78, 5) is 0. The molecule has 1 saturated heterocycles. The molecule has 4 N–H and O–H groups in total. The van der Waals surface area contributed by atoms with Crippen LogP contribution >= 0.6 is 23.4 Å². The van der Waals surface area contributed by atoms with Gasteiger partial charge in [-0.25, -0.2) is 0 Å². The van der Waals surface area contributed by atoms with Crippen molar-refractivity contribution in [3.05, 3.63) is 70.4 Å². The van der Waals surface area contributed by atoms with E-state index in [1.165, 1.54) is 14.2 Å². The van der Waals surface area contributed by atoms with Crippen LogP contribution in [0.5, 0.6) is 11.5 Å². The number of hydrogen-bond acceptors (Lipinski definition) is 11. The molecule has 3 aromatic rings. The third-order valence-electron chi connectivity index (χ3n) is 6.58. The van der Waals surface area contributed by atoms with Crippen molar-refractivity contribution < 1.29 is 38.3 Å². The van der Waals surface area contributed by atoms with Crippen molar-refractivity contribution in [1.82, 2.24) is 0 Å². The average Bonchev–Trinajstić information content (AvgIpc) is 3.46. The minimum absolute atomic E-state index is 0.0163. The molecule has 1 fully saturated rings. The van der Waals surface area contributed by atoms with E-state index >= 15 is 0 Å². The van der Waals surface area contributed by atoms with Gasteiger partial charge in [0.25, 0.3) is 0 Å². The Labute approximate surface area is 253 Å². The van der Waals surface area contributed by atoms with Crippen LogP contribution in [0.2, 0.25) is 5.02 Å². The fraction of sp³-hybridized carbons (Fsp3) is 0.400. The van der Waals surface area contributed by atoms with Crippen molar-refractivity contribution in [3.63, 3.8) is 0 Å². The van der Waals surface area contributed by atoms with E-state index < -0.39 is 30.7 Å². The van der Waals surface area contributed by atoms with E-state index in [9.17, 15) is 10.2 Å². The third kappa shape index (κ3) is 7.54. The molecule has 0 amide bonds. The van der Waals surface area contributed by atoms with E-state index in [1.54, 1.807) is 43.3 Å². The number of nitrogens with one attached hydrogen (secondary N) is 2. The largest absolute Gasteiger partial charge is 0.495 e. The van der Waals surface area contributed by atoms with Gasteiger partial charge in [0.05, 0.1) is 32.0 Å². The molecule has 0 radical (unpaired) electrons. The standard InChI is InChI=1S/C30H35ClN2O8S/c1-5-38-27(17-6-8-18(9-7-17)29(33)42-16(2)32)28(41-30-21(35)14-20(34)15-39-30)23-11-10-22(40-23)19-12-24(36-3)26(31)25(13-19)37-4/h6-13,20-21,27-28,30,32-35H,5,14-15H2,1-4H3. The number of halogens is 1. The van der Waals surface area contributed by atoms with Crippen LogP contribution in [0.3, 0.4) is 0 Å². The molecule has 2 heterocycles. The normalized spacial score (nSPS) is 20.1. The Morgan fingerprint density at radius 1 is 1.05 bits per heavy atom. The van der Waals surface area contributed by atoms with Crippen molar-refractivity contribution in [2.45, 2.75) is 51.0 Å². The molecular weight excluding hydrogens is 584 g/mol. The third-order valence-corrected chi connectivity index (χ3v) is 7.70. The Morgan fingerprint density at radius 3 is 2.29 bits per heavy atom. The van der Waals surface area contributed by atoms with Gasteiger partial charge in [0.2, 0.25) is 0 Å². The first-order valence-electron chi connectivity index (χ1n) is 13.3. The highest BCUT2D eigenvalue weighted by molar-refractivity contribution is 8.26. The Kier molecular flexibility index (Phi) is 11.1. The van der Waals surface area contributed by atoms with E-state index in [2.05, 4.69) is 0 Å². The zero-order valence-electron chi connectivity index (χ0n) is 23.8. The lowest BCUT2D eigenvalue weighted by Gasteiger charge is -2.35. The summed E-state index contributed by atoms with van der Waals surface area (Å²) < 4.78 is 35.3. The Balaban J connectivity index is 1.72. The van der Waals surface area contributed by atoms with Crippen molar-refractivity contribution >= 4 is 33.5 Å². The van der Waals surface area contributed by atoms with E-state index in [4.69, 9.17) is 50.5 Å². The molecule has 10 nitrogen and oxygen atoms in total. The fourth-order valence-electron chi connectivity index (χ4n) is 4.58. The molecule has 1 aliphatic rings. The summed E-state index contributed by atoms with van der Waals surface area (Å²) in [6, 6.07) is 14.3. The summed E-state index contributed by atoms with van der Waals surface area (Å²) in [5.41, 5.74) is 2.06. The number of methoxy groups -OCH3 is 2. The molecular formula is C30H35ClN2O8S. The van der Waals surface area contributed by atoms with Crippen molar-refractivity contribution in [2.75, 3.05) is 27.4 Å². The number of aliphatic hydroxyl groups excluding tert-OH is 2. The SMILES string of the molecule is CCOC(c1ccc(C(=N)SC(C)=N)cc1)C(OC1OCC(O)CC1O)c1ccc(-c2cc(OC)c(Cl)c(OC)c2)o1. The zero-order chi connectivity index (χ0) is 30.4. The smallest absolute Gasteiger partial charge is 0.184 e. The monoisotopic (exact) mass is 618 g/mol. The summed E-state index contributed by atoms with van der Waals surface area (Å²) in [5.74, 6) is 1.74. The molecule has 0 aliphatic carbocycles. The highest BCUT2D eigenvalue weighted by atomic mass is 35.5. The van der Waals surface area contributed by atoms with Crippen LogP contribution in [0.4, 0.5) is 0 Å². The van der Waals surface area contributed by atoms with Crippen LogP contribution in [0.1, 0.15) is 49.4 Å². The van der Waals surface area contributed by atoms with Gasteiger partial charge in [-0.15, -0.1) is 0 Å². The number of benzene rings is 2. The quantitative estimate of drug-likeness (QED) is 0.150. The molecule has 42 heavy (non-hydrogen) atoms. The van der Waals surface area contributed by atoms with Crippen LogP contribution in [-0.4, -0.2) is 66.2 Å². The summed E-state index contributed by atoms with van der Waals surface area (Å²) >= 11 is 7.43. The highest BCUT2D eigenvalue weighted by Crippen LogP contribution is 2.42. The first kappa shape index (κ1) is 32.0. The number of hydrogen-bond donors (Lipinski definition) is 4. The summed E-state index contributed by atoms with van der Waals surface area (Å²) in [6.45, 7) is 3.86. The molecule has 12 heteroatoms. The summed E-state index contributed by atoms with van der Waals surface area (Å²) in [6.07, 6.45) is -4.35. The Bertz CT molecular complexity index is 1360. The number of ether oxygens (including phenoxy) is 5. The second kappa shape index (κ2) is 14.5. The number of aliphatic hydroxyl groups is 2. The van der Waals surface area contributed by atoms with E-state index in [0.29, 0.717) is 50.8 Å². The van der Waals surface area contributed by atoms with Gasteiger partial charge in [0.1, 0.15) is 51.4 Å². The van der Waals surface area contributed by atoms with Crippen LogP contribution in [0.25, 0.3) is 11.3 Å². The maximum atomic E-state index is 10.6. The molecule has 5 unspecified atom stereocenters. The zero-order valence-corrected chi connectivity index (χ0v) is 25.3. The van der Waals surface area contributed by atoms with Gasteiger partial charge in [0, 0.05) is 24.2 Å². The summed E-state index contributed by atoms with van der Waals surface area (Å²) in [7, 11) is 3.03. The van der Waals surface area contributed by atoms with Crippen LogP contribution in [-0.2, 0) is 14.2 Å². The molecule has 5 atom stereocenters. The van der Waals surface area contributed by atoms with Crippen LogP contribution in [0.15, 0.2) is 52.9 Å². The lowest BCUT2D eigenvalue weighted by atomic mass is 10.0. The first-order chi connectivity index (χ1) is 20.1. The maximum absolute atomic E-state index is 10.6. The first-order valence-corrected chi connectivity index (χ1v) is 14.5. The number of furan rings is 1. The fourth-order valence-corrected chi connectivity index (χ4v) is 5.41. The second-order valence-corrected chi connectivity index (χ2v) is 11.2. The number of rotatable bonds is 11. The maximum Gasteiger partial charge on any atom is 0.184 e. The topological polar surface area (TPSA) is 147 Å². The Morgan fingerprint density at radius 2 is 1.71 bits per heavy atom. The molecule has 0 saturated carbocycles. The van der Waals surface area contributed by atoms with Gasteiger partial charge < -0.3 is 38.3 Å². The van der Waals surface area contributed by atoms with E-state index in [1.807, 2.05) is 19.1 Å². The van der Waals surface area contributed by atoms with Gasteiger partial charge in [0.15, 0.2) is 6.29 Å². The van der Waals surface area contributed by atoms with Gasteiger partial charge in [-0.05, 0) is 43.7 Å². The minimum atomic E-state index is -1.07. The summed E-state index contributed by atoms with van der Waals surface area (Å²) in [5, 5.41) is 37.4. The van der Waals surface area contributed by atoms with Crippen molar-refractivity contribution in [2.24, 2.45) is 0 Å². The molecule has 0 bridgehead atoms. The average molecular weight is 619 g/mol. The van der Waals surface area contributed by atoms with Crippen molar-refractivity contribution in [3.8, 4) is 22.8 Å². The van der Waals surface area contributed by atoms with Gasteiger partial charge >= 0.3 is 0 Å². The molecule has 1 aliphatic heterocycles. The molecule has 4 rings (SSSR count). The van der Waals surface area contributed by atoms with E-state index in [0.717, 1.165) is 17.3 Å².